The monoisotopic (exact) mass is 185 g/mol. The molecule has 1 fully saturated rings. The summed E-state index contributed by atoms with van der Waals surface area (Å²) in [5, 5.41) is 0. The summed E-state index contributed by atoms with van der Waals surface area (Å²) in [5.74, 6) is 0.676. The van der Waals surface area contributed by atoms with E-state index in [1.807, 2.05) is 0 Å². The minimum Gasteiger partial charge on any atom is -0.359 e. The molecule has 0 aromatic carbocycles. The van der Waals surface area contributed by atoms with Crippen LogP contribution in [0.1, 0.15) is 40.0 Å². The van der Waals surface area contributed by atoms with Gasteiger partial charge in [0.15, 0.2) is 0 Å². The van der Waals surface area contributed by atoms with Crippen LogP contribution in [-0.4, -0.2) is 30.8 Å². The Bertz CT molecular complexity index is 149. The zero-order chi connectivity index (χ0) is 9.84. The van der Waals surface area contributed by atoms with Gasteiger partial charge in [0.1, 0.15) is 6.23 Å². The SMILES string of the molecule is CCCC[C@H](C)[C@@H]1O[C@H](C)CN1C. The summed E-state index contributed by atoms with van der Waals surface area (Å²) < 4.78 is 5.86. The van der Waals surface area contributed by atoms with Gasteiger partial charge in [-0.25, -0.2) is 0 Å². The molecule has 0 aliphatic carbocycles. The van der Waals surface area contributed by atoms with E-state index >= 15 is 0 Å². The molecule has 0 bridgehead atoms. The highest BCUT2D eigenvalue weighted by Crippen LogP contribution is 2.24. The van der Waals surface area contributed by atoms with E-state index in [2.05, 4.69) is 32.7 Å². The fraction of sp³-hybridized carbons (Fsp3) is 1.00. The van der Waals surface area contributed by atoms with Crippen LogP contribution in [0.3, 0.4) is 0 Å². The van der Waals surface area contributed by atoms with Crippen molar-refractivity contribution in [3.63, 3.8) is 0 Å². The van der Waals surface area contributed by atoms with Gasteiger partial charge in [0, 0.05) is 6.54 Å². The van der Waals surface area contributed by atoms with Crippen molar-refractivity contribution in [3.05, 3.63) is 0 Å². The molecule has 2 nitrogen and oxygen atoms in total. The molecule has 1 aliphatic rings. The lowest BCUT2D eigenvalue weighted by Crippen LogP contribution is -2.32. The van der Waals surface area contributed by atoms with Gasteiger partial charge in [-0.15, -0.1) is 0 Å². The summed E-state index contributed by atoms with van der Waals surface area (Å²) in [5.41, 5.74) is 0. The standard InChI is InChI=1S/C11H23NO/c1-5-6-7-9(2)11-12(4)8-10(3)13-11/h9-11H,5-8H2,1-4H3/t9-,10+,11-/m0/s1. The Labute approximate surface area is 82.3 Å². The molecule has 0 N–H and O–H groups in total. The third kappa shape index (κ3) is 2.96. The van der Waals surface area contributed by atoms with Gasteiger partial charge in [0.05, 0.1) is 6.10 Å². The first-order valence-corrected chi connectivity index (χ1v) is 5.50. The molecule has 0 radical (unpaired) electrons. The molecule has 3 atom stereocenters. The molecule has 13 heavy (non-hydrogen) atoms. The topological polar surface area (TPSA) is 12.5 Å². The van der Waals surface area contributed by atoms with E-state index in [1.54, 1.807) is 0 Å². The molecule has 78 valence electrons. The molecule has 2 heteroatoms. The lowest BCUT2D eigenvalue weighted by atomic mass is 10.0. The van der Waals surface area contributed by atoms with Gasteiger partial charge in [0.25, 0.3) is 0 Å². The lowest BCUT2D eigenvalue weighted by Gasteiger charge is -2.24. The molecule has 0 unspecified atom stereocenters. The summed E-state index contributed by atoms with van der Waals surface area (Å²) in [6.45, 7) is 7.79. The van der Waals surface area contributed by atoms with Crippen LogP contribution in [-0.2, 0) is 4.74 Å². The lowest BCUT2D eigenvalue weighted by molar-refractivity contribution is -0.0247. The predicted octanol–water partition coefficient (Wildman–Crippen LogP) is 2.49. The molecule has 0 amide bonds. The van der Waals surface area contributed by atoms with Crippen LogP contribution in [0.25, 0.3) is 0 Å². The first-order valence-electron chi connectivity index (χ1n) is 5.50. The van der Waals surface area contributed by atoms with Crippen molar-refractivity contribution in [3.8, 4) is 0 Å². The molecule has 0 aromatic heterocycles. The van der Waals surface area contributed by atoms with Crippen molar-refractivity contribution in [2.75, 3.05) is 13.6 Å². The minimum absolute atomic E-state index is 0.363. The average molecular weight is 185 g/mol. The van der Waals surface area contributed by atoms with Gasteiger partial charge < -0.3 is 4.74 Å². The van der Waals surface area contributed by atoms with Crippen LogP contribution in [0.15, 0.2) is 0 Å². The van der Waals surface area contributed by atoms with Crippen molar-refractivity contribution in [1.29, 1.82) is 0 Å². The summed E-state index contributed by atoms with van der Waals surface area (Å²) in [6.07, 6.45) is 4.68. The zero-order valence-corrected chi connectivity index (χ0v) is 9.42. The number of ether oxygens (including phenoxy) is 1. The Balaban J connectivity index is 2.33. The first kappa shape index (κ1) is 11.0. The van der Waals surface area contributed by atoms with Crippen molar-refractivity contribution < 1.29 is 4.74 Å². The van der Waals surface area contributed by atoms with Crippen LogP contribution in [0.2, 0.25) is 0 Å². The maximum absolute atomic E-state index is 5.86. The second-order valence-corrected chi connectivity index (χ2v) is 4.40. The molecule has 1 saturated heterocycles. The second kappa shape index (κ2) is 4.97. The zero-order valence-electron chi connectivity index (χ0n) is 9.42. The van der Waals surface area contributed by atoms with E-state index in [-0.39, 0.29) is 0 Å². The molecule has 0 aromatic rings. The van der Waals surface area contributed by atoms with Gasteiger partial charge >= 0.3 is 0 Å². The molecule has 0 saturated carbocycles. The predicted molar refractivity (Wildman–Crippen MR) is 55.7 cm³/mol. The summed E-state index contributed by atoms with van der Waals surface area (Å²) in [7, 11) is 2.16. The normalized spacial score (nSPS) is 32.3. The van der Waals surface area contributed by atoms with Gasteiger partial charge in [-0.05, 0) is 26.3 Å². The Hall–Kier alpha value is -0.0800. The van der Waals surface area contributed by atoms with E-state index in [4.69, 9.17) is 4.74 Å². The maximum atomic E-state index is 5.86. The summed E-state index contributed by atoms with van der Waals surface area (Å²) >= 11 is 0. The van der Waals surface area contributed by atoms with Gasteiger partial charge in [-0.2, -0.15) is 0 Å². The van der Waals surface area contributed by atoms with Crippen molar-refractivity contribution in [2.24, 2.45) is 5.92 Å². The molecule has 1 heterocycles. The molecule has 1 rings (SSSR count). The Morgan fingerprint density at radius 2 is 2.23 bits per heavy atom. The highest BCUT2D eigenvalue weighted by atomic mass is 16.5. The summed E-state index contributed by atoms with van der Waals surface area (Å²) in [6, 6.07) is 0. The Kier molecular flexibility index (Phi) is 4.20. The third-order valence-corrected chi connectivity index (χ3v) is 2.85. The quantitative estimate of drug-likeness (QED) is 0.667. The molecule has 1 aliphatic heterocycles. The van der Waals surface area contributed by atoms with Crippen LogP contribution < -0.4 is 0 Å². The van der Waals surface area contributed by atoms with E-state index in [0.717, 1.165) is 6.54 Å². The molecule has 0 spiro atoms. The fourth-order valence-electron chi connectivity index (χ4n) is 2.13. The van der Waals surface area contributed by atoms with Crippen molar-refractivity contribution >= 4 is 0 Å². The second-order valence-electron chi connectivity index (χ2n) is 4.40. The van der Waals surface area contributed by atoms with Gasteiger partial charge in [0.2, 0.25) is 0 Å². The number of rotatable bonds is 4. The van der Waals surface area contributed by atoms with E-state index < -0.39 is 0 Å². The first-order chi connectivity index (χ1) is 6.15. The molecular formula is C11H23NO. The minimum atomic E-state index is 0.363. The largest absolute Gasteiger partial charge is 0.359 e. The highest BCUT2D eigenvalue weighted by molar-refractivity contribution is 4.76. The van der Waals surface area contributed by atoms with Crippen LogP contribution in [0.5, 0.6) is 0 Å². The summed E-state index contributed by atoms with van der Waals surface area (Å²) in [4.78, 5) is 2.34. The third-order valence-electron chi connectivity index (χ3n) is 2.85. The number of unbranched alkanes of at least 4 members (excludes halogenated alkanes) is 1. The Morgan fingerprint density at radius 1 is 1.54 bits per heavy atom. The maximum Gasteiger partial charge on any atom is 0.113 e. The number of hydrogen-bond donors (Lipinski definition) is 0. The number of hydrogen-bond acceptors (Lipinski definition) is 2. The van der Waals surface area contributed by atoms with Crippen LogP contribution in [0.4, 0.5) is 0 Å². The number of nitrogens with zero attached hydrogens (tertiary/aromatic N) is 1. The van der Waals surface area contributed by atoms with Crippen molar-refractivity contribution in [2.45, 2.75) is 52.4 Å². The van der Waals surface area contributed by atoms with E-state index in [9.17, 15) is 0 Å². The van der Waals surface area contributed by atoms with E-state index in [0.29, 0.717) is 18.2 Å². The highest BCUT2D eigenvalue weighted by Gasteiger charge is 2.30. The van der Waals surface area contributed by atoms with Crippen molar-refractivity contribution in [1.82, 2.24) is 4.90 Å². The van der Waals surface area contributed by atoms with Gasteiger partial charge in [-0.3, -0.25) is 4.90 Å². The van der Waals surface area contributed by atoms with E-state index in [1.165, 1.54) is 19.3 Å². The molecular weight excluding hydrogens is 162 g/mol. The Morgan fingerprint density at radius 3 is 2.69 bits per heavy atom. The number of likely N-dealkylation sites (N-methyl/N-ethyl adjacent to an activating group) is 1. The fourth-order valence-corrected chi connectivity index (χ4v) is 2.13. The van der Waals surface area contributed by atoms with Crippen LogP contribution in [0, 0.1) is 5.92 Å². The smallest absolute Gasteiger partial charge is 0.113 e. The average Bonchev–Trinajstić information content (AvgIpc) is 2.41. The van der Waals surface area contributed by atoms with Crippen LogP contribution >= 0.6 is 0 Å². The van der Waals surface area contributed by atoms with Gasteiger partial charge in [-0.1, -0.05) is 26.7 Å².